The van der Waals surface area contributed by atoms with Crippen molar-refractivity contribution in [3.8, 4) is 0 Å². The molecule has 1 N–H and O–H groups in total. The summed E-state index contributed by atoms with van der Waals surface area (Å²) in [6, 6.07) is 5.71. The third kappa shape index (κ3) is 3.56. The highest BCUT2D eigenvalue weighted by Gasteiger charge is 2.74. The van der Waals surface area contributed by atoms with Crippen LogP contribution >= 0.6 is 23.4 Å². The van der Waals surface area contributed by atoms with Crippen molar-refractivity contribution in [1.29, 1.82) is 0 Å². The maximum atomic E-state index is 14.3. The number of fused-ring (bicyclic) bond motifs is 2. The molecule has 7 nitrogen and oxygen atoms in total. The number of aliphatic hydroxyl groups excluding tert-OH is 1. The van der Waals surface area contributed by atoms with E-state index in [0.29, 0.717) is 30.3 Å². The Kier molecular flexibility index (Phi) is 6.50. The monoisotopic (exact) mass is 529 g/mol. The third-order valence-electron chi connectivity index (χ3n) is 7.95. The summed E-state index contributed by atoms with van der Waals surface area (Å²) < 4.78 is -1.58. The van der Waals surface area contributed by atoms with Crippen molar-refractivity contribution >= 4 is 46.8 Å². The van der Waals surface area contributed by atoms with Gasteiger partial charge in [-0.1, -0.05) is 55.0 Å². The van der Waals surface area contributed by atoms with E-state index in [1.807, 2.05) is 49.1 Å². The Morgan fingerprint density at radius 3 is 2.50 bits per heavy atom. The zero-order valence-corrected chi connectivity index (χ0v) is 22.3. The molecule has 3 amide bonds. The second-order valence-corrected chi connectivity index (χ2v) is 12.5. The Balaban J connectivity index is 1.67. The summed E-state index contributed by atoms with van der Waals surface area (Å²) in [6.45, 7) is 6.94. The van der Waals surface area contributed by atoms with Gasteiger partial charge in [-0.3, -0.25) is 14.4 Å². The molecule has 2 saturated heterocycles. The van der Waals surface area contributed by atoms with Crippen LogP contribution in [0.15, 0.2) is 48.6 Å². The first kappa shape index (κ1) is 25.4. The lowest BCUT2D eigenvalue weighted by molar-refractivity contribution is -0.145. The predicted molar refractivity (Wildman–Crippen MR) is 142 cm³/mol. The molecule has 0 aliphatic carbocycles. The maximum Gasteiger partial charge on any atom is 0.251 e. The zero-order valence-electron chi connectivity index (χ0n) is 20.8. The first-order valence-corrected chi connectivity index (χ1v) is 13.7. The highest BCUT2D eigenvalue weighted by atomic mass is 35.5. The molecule has 4 heterocycles. The second kappa shape index (κ2) is 9.23. The van der Waals surface area contributed by atoms with Crippen molar-refractivity contribution in [2.24, 2.45) is 11.8 Å². The molecule has 0 aromatic heterocycles. The zero-order chi connectivity index (χ0) is 25.8. The van der Waals surface area contributed by atoms with Crippen LogP contribution < -0.4 is 4.90 Å². The minimum absolute atomic E-state index is 0.0441. The molecule has 4 aliphatic heterocycles. The molecule has 0 bridgehead atoms. The molecule has 1 aromatic carbocycles. The molecule has 6 atom stereocenters. The number of aliphatic hydroxyl groups is 1. The number of halogens is 1. The van der Waals surface area contributed by atoms with Gasteiger partial charge in [0, 0.05) is 24.4 Å². The number of amides is 3. The lowest BCUT2D eigenvalue weighted by Crippen LogP contribution is -2.56. The van der Waals surface area contributed by atoms with E-state index < -0.39 is 33.4 Å². The molecule has 9 heteroatoms. The molecule has 4 aliphatic rings. The smallest absolute Gasteiger partial charge is 0.251 e. The topological polar surface area (TPSA) is 81.2 Å². The Morgan fingerprint density at radius 2 is 1.81 bits per heavy atom. The normalized spacial score (nSPS) is 34.4. The molecular weight excluding hydrogens is 498 g/mol. The van der Waals surface area contributed by atoms with Gasteiger partial charge in [-0.15, -0.1) is 11.8 Å². The SMILES string of the molecule is CCCN1CC=C[C@]2(C)S[C@]34C=CCN(c5ccccc5Cl)C(=O)C3N([C@H](C)CO)C(=O)[C@@H]4[C@@H]2C1=O. The largest absolute Gasteiger partial charge is 0.394 e. The lowest BCUT2D eigenvalue weighted by atomic mass is 9.74. The van der Waals surface area contributed by atoms with Crippen LogP contribution in [0, 0.1) is 11.8 Å². The van der Waals surface area contributed by atoms with E-state index in [2.05, 4.69) is 6.08 Å². The van der Waals surface area contributed by atoms with Crippen LogP contribution in [0.3, 0.4) is 0 Å². The van der Waals surface area contributed by atoms with Crippen molar-refractivity contribution in [3.05, 3.63) is 53.6 Å². The number of hydrogen-bond donors (Lipinski definition) is 1. The molecule has 1 unspecified atom stereocenters. The number of anilines is 1. The molecule has 5 rings (SSSR count). The summed E-state index contributed by atoms with van der Waals surface area (Å²) in [5.41, 5.74) is 0.576. The summed E-state index contributed by atoms with van der Waals surface area (Å²) in [6.07, 6.45) is 8.80. The standard InChI is InChI=1S/C27H32ClN3O4S/c1-4-13-29-14-7-11-26(3)20(23(29)33)21-24(34)31(17(2)16-32)22-25(35)30(15-8-12-27(21,22)36-26)19-10-6-5-9-18(19)28/h5-12,17,20-22,32H,4,13-16H2,1-3H3/t17-,20-,21+,22?,26+,27+/m1/s1. The number of para-hydroxylation sites is 1. The fraction of sp³-hybridized carbons (Fsp3) is 0.519. The summed E-state index contributed by atoms with van der Waals surface area (Å²) in [4.78, 5) is 47.5. The van der Waals surface area contributed by atoms with Crippen LogP contribution in [0.25, 0.3) is 0 Å². The minimum atomic E-state index is -0.942. The quantitative estimate of drug-likeness (QED) is 0.593. The predicted octanol–water partition coefficient (Wildman–Crippen LogP) is 3.12. The van der Waals surface area contributed by atoms with Crippen LogP contribution in [0.1, 0.15) is 27.2 Å². The molecule has 1 spiro atoms. The molecule has 1 aromatic rings. The van der Waals surface area contributed by atoms with E-state index in [1.165, 1.54) is 4.90 Å². The minimum Gasteiger partial charge on any atom is -0.394 e. The maximum absolute atomic E-state index is 14.3. The van der Waals surface area contributed by atoms with Crippen LogP contribution in [-0.2, 0) is 14.4 Å². The van der Waals surface area contributed by atoms with Crippen molar-refractivity contribution in [2.45, 2.75) is 48.8 Å². The third-order valence-corrected chi connectivity index (χ3v) is 10.1. The van der Waals surface area contributed by atoms with Crippen molar-refractivity contribution < 1.29 is 19.5 Å². The highest BCUT2D eigenvalue weighted by Crippen LogP contribution is 2.65. The number of nitrogens with zero attached hydrogens (tertiary/aromatic N) is 3. The summed E-state index contributed by atoms with van der Waals surface area (Å²) >= 11 is 8.03. The van der Waals surface area contributed by atoms with E-state index in [0.717, 1.165) is 6.42 Å². The van der Waals surface area contributed by atoms with Gasteiger partial charge in [0.05, 0.1) is 39.9 Å². The van der Waals surface area contributed by atoms with Gasteiger partial charge in [-0.25, -0.2) is 0 Å². The fourth-order valence-corrected chi connectivity index (χ4v) is 8.81. The van der Waals surface area contributed by atoms with E-state index in [-0.39, 0.29) is 24.3 Å². The molecule has 36 heavy (non-hydrogen) atoms. The van der Waals surface area contributed by atoms with Gasteiger partial charge in [0.1, 0.15) is 6.04 Å². The number of carbonyl (C=O) groups excluding carboxylic acids is 3. The van der Waals surface area contributed by atoms with Crippen LogP contribution in [-0.4, -0.2) is 80.4 Å². The molecule has 0 radical (unpaired) electrons. The van der Waals surface area contributed by atoms with Gasteiger partial charge < -0.3 is 19.8 Å². The lowest BCUT2D eigenvalue weighted by Gasteiger charge is -2.39. The average molecular weight is 530 g/mol. The number of thioether (sulfide) groups is 1. The van der Waals surface area contributed by atoms with Gasteiger partial charge in [-0.2, -0.15) is 0 Å². The molecule has 2 fully saturated rings. The first-order valence-electron chi connectivity index (χ1n) is 12.5. The fourth-order valence-electron chi connectivity index (χ4n) is 6.43. The van der Waals surface area contributed by atoms with Gasteiger partial charge >= 0.3 is 0 Å². The Bertz CT molecular complexity index is 1160. The number of carbonyl (C=O) groups is 3. The Labute approximate surface area is 221 Å². The van der Waals surface area contributed by atoms with Gasteiger partial charge in [-0.05, 0) is 32.4 Å². The second-order valence-electron chi connectivity index (χ2n) is 10.3. The highest BCUT2D eigenvalue weighted by molar-refractivity contribution is 8.02. The Hall–Kier alpha value is -2.29. The van der Waals surface area contributed by atoms with Gasteiger partial charge in [0.2, 0.25) is 11.8 Å². The van der Waals surface area contributed by atoms with E-state index >= 15 is 0 Å². The van der Waals surface area contributed by atoms with Crippen LogP contribution in [0.2, 0.25) is 5.02 Å². The Morgan fingerprint density at radius 1 is 1.08 bits per heavy atom. The van der Waals surface area contributed by atoms with Crippen LogP contribution in [0.4, 0.5) is 5.69 Å². The van der Waals surface area contributed by atoms with E-state index in [1.54, 1.807) is 35.7 Å². The average Bonchev–Trinajstić information content (AvgIpc) is 3.13. The number of likely N-dealkylation sites (tertiary alicyclic amines) is 1. The van der Waals surface area contributed by atoms with Crippen molar-refractivity contribution in [3.63, 3.8) is 0 Å². The number of hydrogen-bond acceptors (Lipinski definition) is 5. The van der Waals surface area contributed by atoms with E-state index in [9.17, 15) is 19.5 Å². The van der Waals surface area contributed by atoms with Crippen molar-refractivity contribution in [2.75, 3.05) is 31.1 Å². The van der Waals surface area contributed by atoms with E-state index in [4.69, 9.17) is 11.6 Å². The van der Waals surface area contributed by atoms with Gasteiger partial charge in [0.25, 0.3) is 5.91 Å². The number of rotatable bonds is 5. The summed E-state index contributed by atoms with van der Waals surface area (Å²) in [5.74, 6) is -1.87. The molecule has 0 saturated carbocycles. The molecular formula is C27H32ClN3O4S. The number of benzene rings is 1. The van der Waals surface area contributed by atoms with Gasteiger partial charge in [0.15, 0.2) is 0 Å². The summed E-state index contributed by atoms with van der Waals surface area (Å²) in [7, 11) is 0. The van der Waals surface area contributed by atoms with Crippen molar-refractivity contribution in [1.82, 2.24) is 9.80 Å². The summed E-state index contributed by atoms with van der Waals surface area (Å²) in [5, 5.41) is 10.5. The molecule has 192 valence electrons. The first-order chi connectivity index (χ1) is 17.2. The van der Waals surface area contributed by atoms with Crippen LogP contribution in [0.5, 0.6) is 0 Å².